The molecule has 1 aliphatic rings. The van der Waals surface area contributed by atoms with Crippen molar-refractivity contribution in [2.45, 2.75) is 13.5 Å². The molecule has 3 rings (SSSR count). The molecule has 0 amide bonds. The Morgan fingerprint density at radius 1 is 1.26 bits per heavy atom. The molecule has 19 heavy (non-hydrogen) atoms. The molecular formula is C14H21N5. The van der Waals surface area contributed by atoms with E-state index in [0.717, 1.165) is 49.6 Å². The second-order valence-electron chi connectivity index (χ2n) is 5.01. The molecule has 0 bridgehead atoms. The quantitative estimate of drug-likeness (QED) is 0.868. The summed E-state index contributed by atoms with van der Waals surface area (Å²) in [4.78, 5) is 12.6. The number of piperazine rings is 1. The molecule has 0 spiro atoms. The molecule has 0 radical (unpaired) electrons. The number of hydrogen-bond acceptors (Lipinski definition) is 4. The number of nitrogens with two attached hydrogens (primary N) is 1. The molecule has 1 fully saturated rings. The van der Waals surface area contributed by atoms with Crippen LogP contribution < -0.4 is 10.6 Å². The van der Waals surface area contributed by atoms with Crippen LogP contribution in [0.25, 0.3) is 11.0 Å². The largest absolute Gasteiger partial charge is 0.369 e. The molecule has 2 aromatic rings. The molecule has 102 valence electrons. The van der Waals surface area contributed by atoms with Gasteiger partial charge in [0.2, 0.25) is 0 Å². The van der Waals surface area contributed by atoms with E-state index in [2.05, 4.69) is 44.9 Å². The van der Waals surface area contributed by atoms with Gasteiger partial charge in [0.05, 0.1) is 17.6 Å². The summed E-state index contributed by atoms with van der Waals surface area (Å²) in [6, 6.07) is 6.42. The lowest BCUT2D eigenvalue weighted by molar-refractivity contribution is 0.271. The Morgan fingerprint density at radius 2 is 2.05 bits per heavy atom. The predicted octanol–water partition coefficient (Wildman–Crippen LogP) is 1.16. The zero-order valence-electron chi connectivity index (χ0n) is 11.4. The maximum absolute atomic E-state index is 5.62. The van der Waals surface area contributed by atoms with Gasteiger partial charge in [0.15, 0.2) is 0 Å². The molecular weight excluding hydrogens is 238 g/mol. The van der Waals surface area contributed by atoms with E-state index in [0.29, 0.717) is 6.54 Å². The third kappa shape index (κ3) is 2.43. The van der Waals surface area contributed by atoms with Gasteiger partial charge in [0.1, 0.15) is 5.82 Å². The average molecular weight is 259 g/mol. The number of imidazole rings is 1. The lowest BCUT2D eigenvalue weighted by atomic mass is 10.2. The highest BCUT2D eigenvalue weighted by molar-refractivity contribution is 5.79. The van der Waals surface area contributed by atoms with Crippen molar-refractivity contribution in [3.63, 3.8) is 0 Å². The Kier molecular flexibility index (Phi) is 3.40. The van der Waals surface area contributed by atoms with Gasteiger partial charge in [-0.25, -0.2) is 4.98 Å². The van der Waals surface area contributed by atoms with E-state index >= 15 is 0 Å². The first-order valence-corrected chi connectivity index (χ1v) is 6.96. The fourth-order valence-electron chi connectivity index (χ4n) is 2.67. The first kappa shape index (κ1) is 12.4. The Morgan fingerprint density at radius 3 is 2.74 bits per heavy atom. The standard InChI is InChI=1S/C14H21N5/c1-2-18-5-7-19(8-6-18)11-3-4-12-13(9-11)17-14(10-15)16-12/h3-4,9H,2,5-8,10,15H2,1H3,(H,16,17). The fraction of sp³-hybridized carbons (Fsp3) is 0.500. The van der Waals surface area contributed by atoms with Crippen molar-refractivity contribution < 1.29 is 0 Å². The summed E-state index contributed by atoms with van der Waals surface area (Å²) in [6.45, 7) is 8.30. The van der Waals surface area contributed by atoms with Crippen LogP contribution in [0, 0.1) is 0 Å². The van der Waals surface area contributed by atoms with Crippen LogP contribution in [-0.4, -0.2) is 47.6 Å². The zero-order chi connectivity index (χ0) is 13.2. The topological polar surface area (TPSA) is 61.2 Å². The molecule has 0 saturated carbocycles. The van der Waals surface area contributed by atoms with Gasteiger partial charge in [0.25, 0.3) is 0 Å². The summed E-state index contributed by atoms with van der Waals surface area (Å²) >= 11 is 0. The van der Waals surface area contributed by atoms with Crippen molar-refractivity contribution in [3.05, 3.63) is 24.0 Å². The summed E-state index contributed by atoms with van der Waals surface area (Å²) in [5.74, 6) is 0.850. The van der Waals surface area contributed by atoms with Gasteiger partial charge < -0.3 is 20.5 Å². The molecule has 1 aromatic heterocycles. The Balaban J connectivity index is 1.81. The van der Waals surface area contributed by atoms with Crippen molar-refractivity contribution in [2.24, 2.45) is 5.73 Å². The fourth-order valence-corrected chi connectivity index (χ4v) is 2.67. The number of fused-ring (bicyclic) bond motifs is 1. The molecule has 1 aromatic carbocycles. The van der Waals surface area contributed by atoms with E-state index in [1.807, 2.05) is 0 Å². The number of nitrogens with zero attached hydrogens (tertiary/aromatic N) is 3. The Hall–Kier alpha value is -1.59. The number of aromatic amines is 1. The normalized spacial score (nSPS) is 17.3. The van der Waals surface area contributed by atoms with Crippen molar-refractivity contribution in [1.29, 1.82) is 0 Å². The smallest absolute Gasteiger partial charge is 0.121 e. The number of likely N-dealkylation sites (N-methyl/N-ethyl adjacent to an activating group) is 1. The average Bonchev–Trinajstić information content (AvgIpc) is 2.89. The van der Waals surface area contributed by atoms with E-state index in [9.17, 15) is 0 Å². The highest BCUT2D eigenvalue weighted by atomic mass is 15.3. The summed E-state index contributed by atoms with van der Waals surface area (Å²) in [7, 11) is 0. The van der Waals surface area contributed by atoms with Crippen molar-refractivity contribution >= 4 is 16.7 Å². The molecule has 2 heterocycles. The Bertz CT molecular complexity index is 554. The highest BCUT2D eigenvalue weighted by Crippen LogP contribution is 2.21. The van der Waals surface area contributed by atoms with Gasteiger partial charge in [-0.05, 0) is 24.7 Å². The van der Waals surface area contributed by atoms with E-state index in [1.54, 1.807) is 0 Å². The van der Waals surface area contributed by atoms with Gasteiger partial charge in [0, 0.05) is 31.9 Å². The van der Waals surface area contributed by atoms with E-state index in [-0.39, 0.29) is 0 Å². The summed E-state index contributed by atoms with van der Waals surface area (Å²) < 4.78 is 0. The van der Waals surface area contributed by atoms with Crippen molar-refractivity contribution in [1.82, 2.24) is 14.9 Å². The van der Waals surface area contributed by atoms with Crippen LogP contribution in [0.4, 0.5) is 5.69 Å². The number of aromatic nitrogens is 2. The minimum absolute atomic E-state index is 0.458. The number of rotatable bonds is 3. The van der Waals surface area contributed by atoms with Crippen LogP contribution in [0.2, 0.25) is 0 Å². The SMILES string of the molecule is CCN1CCN(c2ccc3nc(CN)[nH]c3c2)CC1. The second-order valence-corrected chi connectivity index (χ2v) is 5.01. The molecule has 5 heteroatoms. The maximum Gasteiger partial charge on any atom is 0.121 e. The number of nitrogens with one attached hydrogen (secondary N) is 1. The zero-order valence-corrected chi connectivity index (χ0v) is 11.4. The minimum atomic E-state index is 0.458. The number of H-pyrrole nitrogens is 1. The maximum atomic E-state index is 5.62. The molecule has 1 aliphatic heterocycles. The van der Waals surface area contributed by atoms with Crippen LogP contribution in [0.3, 0.4) is 0 Å². The number of hydrogen-bond donors (Lipinski definition) is 2. The van der Waals surface area contributed by atoms with E-state index < -0.39 is 0 Å². The van der Waals surface area contributed by atoms with Crippen LogP contribution in [-0.2, 0) is 6.54 Å². The minimum Gasteiger partial charge on any atom is -0.369 e. The molecule has 5 nitrogen and oxygen atoms in total. The van der Waals surface area contributed by atoms with E-state index in [4.69, 9.17) is 5.73 Å². The van der Waals surface area contributed by atoms with E-state index in [1.165, 1.54) is 5.69 Å². The predicted molar refractivity (Wildman–Crippen MR) is 78.3 cm³/mol. The summed E-state index contributed by atoms with van der Waals surface area (Å²) in [5.41, 5.74) is 8.97. The van der Waals surface area contributed by atoms with Crippen LogP contribution >= 0.6 is 0 Å². The monoisotopic (exact) mass is 259 g/mol. The van der Waals surface area contributed by atoms with Gasteiger partial charge in [-0.3, -0.25) is 0 Å². The first-order valence-electron chi connectivity index (χ1n) is 6.96. The lowest BCUT2D eigenvalue weighted by Crippen LogP contribution is -2.46. The van der Waals surface area contributed by atoms with Gasteiger partial charge in [-0.15, -0.1) is 0 Å². The number of anilines is 1. The van der Waals surface area contributed by atoms with Gasteiger partial charge >= 0.3 is 0 Å². The van der Waals surface area contributed by atoms with Crippen LogP contribution in [0.5, 0.6) is 0 Å². The number of benzene rings is 1. The molecule has 1 saturated heterocycles. The third-order valence-electron chi connectivity index (χ3n) is 3.89. The Labute approximate surface area is 113 Å². The molecule has 3 N–H and O–H groups in total. The highest BCUT2D eigenvalue weighted by Gasteiger charge is 2.16. The van der Waals surface area contributed by atoms with Crippen LogP contribution in [0.1, 0.15) is 12.7 Å². The molecule has 0 atom stereocenters. The molecule has 0 unspecified atom stereocenters. The van der Waals surface area contributed by atoms with Crippen LogP contribution in [0.15, 0.2) is 18.2 Å². The van der Waals surface area contributed by atoms with Crippen molar-refractivity contribution in [2.75, 3.05) is 37.6 Å². The third-order valence-corrected chi connectivity index (χ3v) is 3.89. The summed E-state index contributed by atoms with van der Waals surface area (Å²) in [6.07, 6.45) is 0. The molecule has 0 aliphatic carbocycles. The van der Waals surface area contributed by atoms with Gasteiger partial charge in [-0.1, -0.05) is 6.92 Å². The summed E-state index contributed by atoms with van der Waals surface area (Å²) in [5, 5.41) is 0. The van der Waals surface area contributed by atoms with Crippen molar-refractivity contribution in [3.8, 4) is 0 Å². The second kappa shape index (κ2) is 5.19. The lowest BCUT2D eigenvalue weighted by Gasteiger charge is -2.35. The van der Waals surface area contributed by atoms with Gasteiger partial charge in [-0.2, -0.15) is 0 Å². The first-order chi connectivity index (χ1) is 9.30.